The summed E-state index contributed by atoms with van der Waals surface area (Å²) >= 11 is 6.55. The first-order valence-electron chi connectivity index (χ1n) is 13.3. The topological polar surface area (TPSA) is 16.4 Å². The maximum absolute atomic E-state index is 6.55. The van der Waals surface area contributed by atoms with Crippen LogP contribution in [0.25, 0.3) is 33.1 Å². The van der Waals surface area contributed by atoms with E-state index < -0.39 is 0 Å². The van der Waals surface area contributed by atoms with Gasteiger partial charge in [-0.05, 0) is 83.6 Å². The van der Waals surface area contributed by atoms with Crippen molar-refractivity contribution < 1.29 is 4.42 Å². The van der Waals surface area contributed by atoms with Crippen molar-refractivity contribution in [2.45, 2.75) is 32.1 Å². The number of anilines is 3. The third-order valence-electron chi connectivity index (χ3n) is 8.40. The summed E-state index contributed by atoms with van der Waals surface area (Å²) in [6.45, 7) is 4.62. The molecule has 0 aliphatic heterocycles. The maximum atomic E-state index is 6.55. The van der Waals surface area contributed by atoms with E-state index in [1.165, 1.54) is 22.3 Å². The highest BCUT2D eigenvalue weighted by Gasteiger charge is 2.40. The Kier molecular flexibility index (Phi) is 5.35. The summed E-state index contributed by atoms with van der Waals surface area (Å²) in [5.74, 6) is 0. The molecule has 186 valence electrons. The molecule has 0 spiro atoms. The van der Waals surface area contributed by atoms with Gasteiger partial charge in [-0.3, -0.25) is 0 Å². The normalized spacial score (nSPS) is 13.6. The van der Waals surface area contributed by atoms with Gasteiger partial charge in [0.25, 0.3) is 0 Å². The number of fused-ring (bicyclic) bond motifs is 6. The Morgan fingerprint density at radius 1 is 0.658 bits per heavy atom. The molecule has 0 bridgehead atoms. The lowest BCUT2D eigenvalue weighted by Gasteiger charge is -2.30. The first-order valence-corrected chi connectivity index (χ1v) is 13.7. The fraction of sp³-hybridized carbons (Fsp3) is 0.143. The number of hydrogen-bond donors (Lipinski definition) is 0. The largest absolute Gasteiger partial charge is 0.456 e. The molecule has 1 aromatic heterocycles. The zero-order valence-electron chi connectivity index (χ0n) is 21.5. The van der Waals surface area contributed by atoms with E-state index in [1.54, 1.807) is 0 Å². The second-order valence-corrected chi connectivity index (χ2v) is 10.6. The molecule has 0 N–H and O–H groups in total. The van der Waals surface area contributed by atoms with Crippen LogP contribution in [0.5, 0.6) is 0 Å². The highest BCUT2D eigenvalue weighted by molar-refractivity contribution is 6.31. The lowest BCUT2D eigenvalue weighted by atomic mass is 9.74. The van der Waals surface area contributed by atoms with Gasteiger partial charge in [-0.1, -0.05) is 86.1 Å². The third kappa shape index (κ3) is 3.27. The lowest BCUT2D eigenvalue weighted by molar-refractivity contribution is 0.490. The van der Waals surface area contributed by atoms with Gasteiger partial charge in [-0.15, -0.1) is 0 Å². The predicted octanol–water partition coefficient (Wildman–Crippen LogP) is 10.8. The Balaban J connectivity index is 1.52. The SMILES string of the molecule is CCC1(CC)c2ccccc2-c2cc(N(c3cccc(Cl)c3)c3cccc4oc5ccccc5c34)ccc21. The van der Waals surface area contributed by atoms with E-state index in [0.29, 0.717) is 5.02 Å². The van der Waals surface area contributed by atoms with Gasteiger partial charge in [0.05, 0.1) is 11.1 Å². The molecule has 3 heteroatoms. The average Bonchev–Trinajstić information content (AvgIpc) is 3.47. The summed E-state index contributed by atoms with van der Waals surface area (Å²) < 4.78 is 6.26. The van der Waals surface area contributed by atoms with E-state index in [1.807, 2.05) is 36.4 Å². The predicted molar refractivity (Wildman–Crippen MR) is 160 cm³/mol. The summed E-state index contributed by atoms with van der Waals surface area (Å²) in [5, 5.41) is 2.91. The van der Waals surface area contributed by atoms with E-state index in [0.717, 1.165) is 51.8 Å². The monoisotopic (exact) mass is 513 g/mol. The van der Waals surface area contributed by atoms with E-state index in [2.05, 4.69) is 91.5 Å². The van der Waals surface area contributed by atoms with Gasteiger partial charge in [0.1, 0.15) is 11.2 Å². The number of furan rings is 1. The fourth-order valence-electron chi connectivity index (χ4n) is 6.59. The minimum absolute atomic E-state index is 0.0477. The third-order valence-corrected chi connectivity index (χ3v) is 8.64. The number of rotatable bonds is 5. The van der Waals surface area contributed by atoms with Crippen molar-refractivity contribution in [1.29, 1.82) is 0 Å². The van der Waals surface area contributed by atoms with Crippen LogP contribution in [0.1, 0.15) is 37.8 Å². The van der Waals surface area contributed by atoms with Gasteiger partial charge in [-0.25, -0.2) is 0 Å². The molecule has 0 unspecified atom stereocenters. The smallest absolute Gasteiger partial charge is 0.137 e. The second-order valence-electron chi connectivity index (χ2n) is 10.1. The number of benzene rings is 5. The second kappa shape index (κ2) is 8.79. The number of para-hydroxylation sites is 1. The first-order chi connectivity index (χ1) is 18.6. The summed E-state index contributed by atoms with van der Waals surface area (Å²) in [5.41, 5.74) is 10.5. The highest BCUT2D eigenvalue weighted by Crippen LogP contribution is 2.54. The standard InChI is InChI=1S/C35H28ClNO/c1-3-35(4-2)29-15-7-5-13-26(29)28-22-25(19-20-30(28)35)37(24-12-9-11-23(36)21-24)31-16-10-18-33-34(31)27-14-6-8-17-32(27)38-33/h5-22H,3-4H2,1-2H3. The minimum atomic E-state index is 0.0477. The maximum Gasteiger partial charge on any atom is 0.137 e. The van der Waals surface area contributed by atoms with Crippen molar-refractivity contribution in [3.8, 4) is 11.1 Å². The molecule has 0 radical (unpaired) electrons. The van der Waals surface area contributed by atoms with Gasteiger partial charge in [0.2, 0.25) is 0 Å². The Bertz CT molecular complexity index is 1830. The number of hydrogen-bond acceptors (Lipinski definition) is 2. The van der Waals surface area contributed by atoms with E-state index in [4.69, 9.17) is 16.0 Å². The quantitative estimate of drug-likeness (QED) is 0.228. The molecule has 0 atom stereocenters. The molecule has 0 amide bonds. The van der Waals surface area contributed by atoms with Crippen molar-refractivity contribution in [3.63, 3.8) is 0 Å². The molecule has 0 saturated heterocycles. The Labute approximate surface area is 228 Å². The van der Waals surface area contributed by atoms with E-state index >= 15 is 0 Å². The minimum Gasteiger partial charge on any atom is -0.456 e. The van der Waals surface area contributed by atoms with Crippen molar-refractivity contribution in [1.82, 2.24) is 0 Å². The van der Waals surface area contributed by atoms with Crippen LogP contribution in [0.4, 0.5) is 17.1 Å². The summed E-state index contributed by atoms with van der Waals surface area (Å²) in [6, 6.07) is 38.5. The fourth-order valence-corrected chi connectivity index (χ4v) is 6.77. The number of nitrogens with zero attached hydrogens (tertiary/aromatic N) is 1. The summed E-state index contributed by atoms with van der Waals surface area (Å²) in [4.78, 5) is 2.32. The van der Waals surface area contributed by atoms with Crippen LogP contribution in [0.15, 0.2) is 114 Å². The van der Waals surface area contributed by atoms with E-state index in [-0.39, 0.29) is 5.41 Å². The zero-order valence-corrected chi connectivity index (χ0v) is 22.3. The van der Waals surface area contributed by atoms with Crippen LogP contribution < -0.4 is 4.90 Å². The Hall–Kier alpha value is -4.01. The van der Waals surface area contributed by atoms with Crippen LogP contribution in [0.2, 0.25) is 5.02 Å². The van der Waals surface area contributed by atoms with Crippen LogP contribution in [-0.2, 0) is 5.41 Å². The highest BCUT2D eigenvalue weighted by atomic mass is 35.5. The molecule has 0 saturated carbocycles. The van der Waals surface area contributed by atoms with Crippen molar-refractivity contribution >= 4 is 50.6 Å². The molecule has 1 heterocycles. The van der Waals surface area contributed by atoms with Crippen molar-refractivity contribution in [3.05, 3.63) is 125 Å². The van der Waals surface area contributed by atoms with Gasteiger partial charge >= 0.3 is 0 Å². The van der Waals surface area contributed by atoms with E-state index in [9.17, 15) is 0 Å². The Morgan fingerprint density at radius 2 is 1.37 bits per heavy atom. The average molecular weight is 514 g/mol. The van der Waals surface area contributed by atoms with Crippen LogP contribution in [-0.4, -0.2) is 0 Å². The molecule has 5 aromatic carbocycles. The molecule has 6 aromatic rings. The first kappa shape index (κ1) is 23.1. The molecule has 2 nitrogen and oxygen atoms in total. The van der Waals surface area contributed by atoms with Crippen LogP contribution in [0.3, 0.4) is 0 Å². The molecule has 7 rings (SSSR count). The van der Waals surface area contributed by atoms with Crippen LogP contribution >= 0.6 is 11.6 Å². The molecule has 38 heavy (non-hydrogen) atoms. The zero-order chi connectivity index (χ0) is 25.9. The molecular weight excluding hydrogens is 486 g/mol. The van der Waals surface area contributed by atoms with Gasteiger partial charge in [0, 0.05) is 27.2 Å². The van der Waals surface area contributed by atoms with Crippen molar-refractivity contribution in [2.75, 3.05) is 4.90 Å². The molecule has 0 fully saturated rings. The van der Waals surface area contributed by atoms with Crippen molar-refractivity contribution in [2.24, 2.45) is 0 Å². The van der Waals surface area contributed by atoms with Gasteiger partial charge in [-0.2, -0.15) is 0 Å². The molecular formula is C35H28ClNO. The summed E-state index contributed by atoms with van der Waals surface area (Å²) in [7, 11) is 0. The Morgan fingerprint density at radius 3 is 2.21 bits per heavy atom. The molecule has 1 aliphatic rings. The van der Waals surface area contributed by atoms with Gasteiger partial charge in [0.15, 0.2) is 0 Å². The number of halogens is 1. The molecule has 1 aliphatic carbocycles. The van der Waals surface area contributed by atoms with Gasteiger partial charge < -0.3 is 9.32 Å². The lowest BCUT2D eigenvalue weighted by Crippen LogP contribution is -2.23. The summed E-state index contributed by atoms with van der Waals surface area (Å²) in [6.07, 6.45) is 2.15. The van der Waals surface area contributed by atoms with Crippen LogP contribution in [0, 0.1) is 0 Å².